The van der Waals surface area contributed by atoms with E-state index < -0.39 is 12.5 Å². The molecular weight excluding hydrogens is 399 g/mol. The van der Waals surface area contributed by atoms with E-state index in [-0.39, 0.29) is 5.69 Å². The smallest absolute Gasteiger partial charge is 0.317 e. The van der Waals surface area contributed by atoms with E-state index in [0.717, 1.165) is 11.8 Å². The molecular formula is C17H15Cl2F2N5O. The summed E-state index contributed by atoms with van der Waals surface area (Å²) in [4.78, 5) is 12.3. The number of halogens is 4. The number of anilines is 1. The van der Waals surface area contributed by atoms with Crippen molar-refractivity contribution in [3.8, 4) is 0 Å². The number of nitrogens with one attached hydrogen (secondary N) is 1. The van der Waals surface area contributed by atoms with Crippen LogP contribution in [-0.2, 0) is 6.54 Å². The van der Waals surface area contributed by atoms with Gasteiger partial charge in [-0.25, -0.2) is 4.68 Å². The average molecular weight is 414 g/mol. The maximum atomic E-state index is 12.6. The summed E-state index contributed by atoms with van der Waals surface area (Å²) in [6.07, 6.45) is 1.05. The Morgan fingerprint density at radius 2 is 1.93 bits per heavy atom. The van der Waals surface area contributed by atoms with Gasteiger partial charge in [0.2, 0.25) is 0 Å². The number of hydrogen-bond donors (Lipinski definition) is 1. The van der Waals surface area contributed by atoms with Crippen molar-refractivity contribution in [1.29, 1.82) is 0 Å². The standard InChI is InChI=1S/C17H15Cl2F2N5O/c1-9-15(22-16(27)14-5-6-25(24-14)17(20)21)10(2)26(23-9)8-11-3-4-12(18)13(19)7-11/h3-7,17H,8H2,1-2H3,(H,22,27). The normalized spacial score (nSPS) is 11.2. The zero-order valence-corrected chi connectivity index (χ0v) is 15.9. The Morgan fingerprint density at radius 1 is 1.19 bits per heavy atom. The Bertz CT molecular complexity index is 999. The molecule has 2 heterocycles. The lowest BCUT2D eigenvalue weighted by molar-refractivity contribution is 0.0561. The highest BCUT2D eigenvalue weighted by Crippen LogP contribution is 2.25. The van der Waals surface area contributed by atoms with E-state index in [4.69, 9.17) is 23.2 Å². The van der Waals surface area contributed by atoms with E-state index in [9.17, 15) is 13.6 Å². The minimum Gasteiger partial charge on any atom is -0.317 e. The first-order valence-corrected chi connectivity index (χ1v) is 8.64. The molecule has 3 aromatic rings. The number of benzene rings is 1. The summed E-state index contributed by atoms with van der Waals surface area (Å²) in [6, 6.07) is 6.51. The predicted octanol–water partition coefficient (Wildman–Crippen LogP) is 4.70. The van der Waals surface area contributed by atoms with Crippen LogP contribution in [0.25, 0.3) is 0 Å². The van der Waals surface area contributed by atoms with E-state index in [0.29, 0.717) is 38.3 Å². The third kappa shape index (κ3) is 4.12. The first-order chi connectivity index (χ1) is 12.8. The van der Waals surface area contributed by atoms with Gasteiger partial charge in [-0.1, -0.05) is 29.3 Å². The molecule has 2 aromatic heterocycles. The van der Waals surface area contributed by atoms with Crippen LogP contribution in [0.3, 0.4) is 0 Å². The summed E-state index contributed by atoms with van der Waals surface area (Å²) in [7, 11) is 0. The second-order valence-corrected chi connectivity index (χ2v) is 6.68. The van der Waals surface area contributed by atoms with Crippen molar-refractivity contribution < 1.29 is 13.6 Å². The second-order valence-electron chi connectivity index (χ2n) is 5.86. The molecule has 3 rings (SSSR count). The summed E-state index contributed by atoms with van der Waals surface area (Å²) >= 11 is 12.0. The number of aryl methyl sites for hydroxylation is 1. The first-order valence-electron chi connectivity index (χ1n) is 7.89. The van der Waals surface area contributed by atoms with Crippen molar-refractivity contribution in [3.05, 3.63) is 63.2 Å². The number of rotatable bonds is 5. The van der Waals surface area contributed by atoms with Gasteiger partial charge in [0.05, 0.1) is 33.7 Å². The molecule has 6 nitrogen and oxygen atoms in total. The molecule has 27 heavy (non-hydrogen) atoms. The molecule has 0 unspecified atom stereocenters. The van der Waals surface area contributed by atoms with Crippen LogP contribution < -0.4 is 5.32 Å². The van der Waals surface area contributed by atoms with E-state index >= 15 is 0 Å². The van der Waals surface area contributed by atoms with E-state index in [2.05, 4.69) is 15.5 Å². The fourth-order valence-electron chi connectivity index (χ4n) is 2.59. The topological polar surface area (TPSA) is 64.7 Å². The molecule has 10 heteroatoms. The molecule has 0 aliphatic rings. The largest absolute Gasteiger partial charge is 0.333 e. The van der Waals surface area contributed by atoms with Gasteiger partial charge in [-0.05, 0) is 37.6 Å². The quantitative estimate of drug-likeness (QED) is 0.659. The van der Waals surface area contributed by atoms with Crippen molar-refractivity contribution in [2.24, 2.45) is 0 Å². The Morgan fingerprint density at radius 3 is 2.56 bits per heavy atom. The van der Waals surface area contributed by atoms with Crippen LogP contribution >= 0.6 is 23.2 Å². The molecule has 1 aromatic carbocycles. The van der Waals surface area contributed by atoms with Gasteiger partial charge in [0.25, 0.3) is 5.91 Å². The zero-order valence-electron chi connectivity index (χ0n) is 14.4. The van der Waals surface area contributed by atoms with Gasteiger partial charge in [0.1, 0.15) is 0 Å². The van der Waals surface area contributed by atoms with Gasteiger partial charge in [-0.3, -0.25) is 9.48 Å². The van der Waals surface area contributed by atoms with Crippen LogP contribution in [0.15, 0.2) is 30.5 Å². The number of nitrogens with zero attached hydrogens (tertiary/aromatic N) is 4. The predicted molar refractivity (Wildman–Crippen MR) is 98.7 cm³/mol. The Balaban J connectivity index is 1.80. The fraction of sp³-hybridized carbons (Fsp3) is 0.235. The van der Waals surface area contributed by atoms with Crippen LogP contribution in [0.1, 0.15) is 34.0 Å². The number of alkyl halides is 2. The third-order valence-corrected chi connectivity index (χ3v) is 4.72. The first kappa shape index (κ1) is 19.3. The van der Waals surface area contributed by atoms with Gasteiger partial charge in [0, 0.05) is 6.20 Å². The van der Waals surface area contributed by atoms with E-state index in [1.807, 2.05) is 6.07 Å². The van der Waals surface area contributed by atoms with Crippen molar-refractivity contribution in [2.45, 2.75) is 26.9 Å². The average Bonchev–Trinajstić information content (AvgIpc) is 3.20. The maximum Gasteiger partial charge on any atom is 0.333 e. The van der Waals surface area contributed by atoms with Crippen LogP contribution in [0.2, 0.25) is 10.0 Å². The van der Waals surface area contributed by atoms with Crippen LogP contribution in [0.4, 0.5) is 14.5 Å². The lowest BCUT2D eigenvalue weighted by Crippen LogP contribution is -2.15. The molecule has 1 N–H and O–H groups in total. The Kier molecular flexibility index (Phi) is 5.48. The lowest BCUT2D eigenvalue weighted by atomic mass is 10.2. The van der Waals surface area contributed by atoms with Crippen molar-refractivity contribution >= 4 is 34.8 Å². The third-order valence-electron chi connectivity index (χ3n) is 3.98. The Labute approximate surface area is 163 Å². The number of hydrogen-bond acceptors (Lipinski definition) is 3. The number of amides is 1. The van der Waals surface area contributed by atoms with Crippen LogP contribution in [-0.4, -0.2) is 25.5 Å². The fourth-order valence-corrected chi connectivity index (χ4v) is 2.91. The molecule has 0 aliphatic heterocycles. The van der Waals surface area contributed by atoms with Crippen LogP contribution in [0.5, 0.6) is 0 Å². The maximum absolute atomic E-state index is 12.6. The molecule has 0 bridgehead atoms. The molecule has 0 fully saturated rings. The monoisotopic (exact) mass is 413 g/mol. The molecule has 0 aliphatic carbocycles. The second kappa shape index (κ2) is 7.66. The van der Waals surface area contributed by atoms with E-state index in [1.54, 1.807) is 30.7 Å². The molecule has 0 spiro atoms. The highest BCUT2D eigenvalue weighted by atomic mass is 35.5. The summed E-state index contributed by atoms with van der Waals surface area (Å²) in [6.45, 7) is 1.17. The highest BCUT2D eigenvalue weighted by molar-refractivity contribution is 6.42. The lowest BCUT2D eigenvalue weighted by Gasteiger charge is -2.07. The van der Waals surface area contributed by atoms with Gasteiger partial charge in [-0.15, -0.1) is 0 Å². The van der Waals surface area contributed by atoms with Gasteiger partial charge in [0.15, 0.2) is 5.69 Å². The molecule has 0 saturated heterocycles. The molecule has 0 radical (unpaired) electrons. The van der Waals surface area contributed by atoms with Crippen molar-refractivity contribution in [1.82, 2.24) is 19.6 Å². The van der Waals surface area contributed by atoms with Crippen molar-refractivity contribution in [3.63, 3.8) is 0 Å². The minimum absolute atomic E-state index is 0.105. The van der Waals surface area contributed by atoms with Gasteiger partial charge < -0.3 is 5.32 Å². The molecule has 142 valence electrons. The molecule has 0 atom stereocenters. The summed E-state index contributed by atoms with van der Waals surface area (Å²) in [5.41, 5.74) is 2.59. The minimum atomic E-state index is -2.80. The van der Waals surface area contributed by atoms with Gasteiger partial charge >= 0.3 is 6.55 Å². The van der Waals surface area contributed by atoms with Gasteiger partial charge in [-0.2, -0.15) is 19.0 Å². The summed E-state index contributed by atoms with van der Waals surface area (Å²) in [5.74, 6) is -0.588. The van der Waals surface area contributed by atoms with E-state index in [1.165, 1.54) is 6.07 Å². The molecule has 0 saturated carbocycles. The summed E-state index contributed by atoms with van der Waals surface area (Å²) in [5, 5.41) is 11.6. The van der Waals surface area contributed by atoms with Crippen LogP contribution in [0, 0.1) is 13.8 Å². The number of carbonyl (C=O) groups is 1. The Hall–Kier alpha value is -2.45. The number of aromatic nitrogens is 4. The SMILES string of the molecule is Cc1nn(Cc2ccc(Cl)c(Cl)c2)c(C)c1NC(=O)c1ccn(C(F)F)n1. The molecule has 1 amide bonds. The highest BCUT2D eigenvalue weighted by Gasteiger charge is 2.18. The van der Waals surface area contributed by atoms with Crippen molar-refractivity contribution in [2.75, 3.05) is 5.32 Å². The number of carbonyl (C=O) groups excluding carboxylic acids is 1. The summed E-state index contributed by atoms with van der Waals surface area (Å²) < 4.78 is 27.3. The zero-order chi connectivity index (χ0) is 19.7.